The molecule has 1 saturated heterocycles. The highest BCUT2D eigenvalue weighted by Gasteiger charge is 2.27. The maximum atomic E-state index is 12.9. The van der Waals surface area contributed by atoms with Gasteiger partial charge in [-0.3, -0.25) is 9.59 Å². The van der Waals surface area contributed by atoms with Crippen LogP contribution in [-0.4, -0.2) is 42.4 Å². The third kappa shape index (κ3) is 3.85. The van der Waals surface area contributed by atoms with E-state index in [4.69, 9.17) is 0 Å². The largest absolute Gasteiger partial charge is 0.334 e. The van der Waals surface area contributed by atoms with E-state index in [0.29, 0.717) is 18.9 Å². The monoisotopic (exact) mass is 337 g/mol. The smallest absolute Gasteiger partial charge is 0.254 e. The van der Waals surface area contributed by atoms with Crippen LogP contribution in [0.15, 0.2) is 18.2 Å². The molecule has 0 saturated carbocycles. The molecule has 5 nitrogen and oxygen atoms in total. The van der Waals surface area contributed by atoms with Gasteiger partial charge in [0.2, 0.25) is 5.91 Å². The Morgan fingerprint density at radius 2 is 2.17 bits per heavy atom. The summed E-state index contributed by atoms with van der Waals surface area (Å²) >= 11 is 0. The first-order chi connectivity index (χ1) is 10.7. The second-order valence-corrected chi connectivity index (χ2v) is 6.07. The number of amides is 2. The van der Waals surface area contributed by atoms with Crippen molar-refractivity contribution in [1.82, 2.24) is 10.2 Å². The van der Waals surface area contributed by atoms with E-state index in [2.05, 4.69) is 17.6 Å². The zero-order valence-electron chi connectivity index (χ0n) is 13.4. The first-order valence-electron chi connectivity index (χ1n) is 8.13. The Kier molecular flexibility index (Phi) is 6.02. The van der Waals surface area contributed by atoms with Gasteiger partial charge in [-0.05, 0) is 49.6 Å². The molecule has 0 aromatic heterocycles. The van der Waals surface area contributed by atoms with E-state index < -0.39 is 0 Å². The molecule has 2 aliphatic heterocycles. The Balaban J connectivity index is 0.00000192. The third-order valence-corrected chi connectivity index (χ3v) is 4.45. The molecule has 1 fully saturated rings. The van der Waals surface area contributed by atoms with E-state index in [0.717, 1.165) is 49.3 Å². The maximum absolute atomic E-state index is 12.9. The Hall–Kier alpha value is -1.59. The number of nitrogens with zero attached hydrogens (tertiary/aromatic N) is 1. The predicted molar refractivity (Wildman–Crippen MR) is 93.2 cm³/mol. The fourth-order valence-electron chi connectivity index (χ4n) is 3.28. The lowest BCUT2D eigenvalue weighted by atomic mass is 9.99. The number of nitrogens with one attached hydrogen (secondary N) is 2. The van der Waals surface area contributed by atoms with Gasteiger partial charge in [0.15, 0.2) is 0 Å². The highest BCUT2D eigenvalue weighted by molar-refractivity contribution is 5.98. The average Bonchev–Trinajstić information content (AvgIpc) is 3.05. The van der Waals surface area contributed by atoms with Crippen molar-refractivity contribution in [3.05, 3.63) is 29.3 Å². The molecule has 1 unspecified atom stereocenters. The van der Waals surface area contributed by atoms with Gasteiger partial charge in [-0.25, -0.2) is 0 Å². The Bertz CT molecular complexity index is 585. The van der Waals surface area contributed by atoms with Gasteiger partial charge in [0.25, 0.3) is 5.91 Å². The minimum atomic E-state index is 0. The van der Waals surface area contributed by atoms with Crippen LogP contribution in [0.5, 0.6) is 0 Å². The molecule has 1 aromatic carbocycles. The summed E-state index contributed by atoms with van der Waals surface area (Å²) in [4.78, 5) is 26.3. The lowest BCUT2D eigenvalue weighted by molar-refractivity contribution is -0.116. The van der Waals surface area contributed by atoms with Crippen molar-refractivity contribution in [2.75, 3.05) is 25.0 Å². The number of carbonyl (C=O) groups is 2. The Morgan fingerprint density at radius 3 is 2.87 bits per heavy atom. The number of fused-ring (bicyclic) bond motifs is 1. The average molecular weight is 338 g/mol. The molecule has 126 valence electrons. The summed E-state index contributed by atoms with van der Waals surface area (Å²) in [6.45, 7) is 4.76. The van der Waals surface area contributed by atoms with Crippen LogP contribution in [0.1, 0.15) is 42.1 Å². The molecule has 0 bridgehead atoms. The van der Waals surface area contributed by atoms with Gasteiger partial charge in [0.05, 0.1) is 0 Å². The minimum Gasteiger partial charge on any atom is -0.334 e. The molecule has 2 aliphatic rings. The van der Waals surface area contributed by atoms with Gasteiger partial charge in [0.1, 0.15) is 0 Å². The molecule has 3 rings (SSSR count). The van der Waals surface area contributed by atoms with E-state index in [-0.39, 0.29) is 24.2 Å². The van der Waals surface area contributed by atoms with Crippen LogP contribution in [0.3, 0.4) is 0 Å². The van der Waals surface area contributed by atoms with Gasteiger partial charge in [-0.1, -0.05) is 6.92 Å². The van der Waals surface area contributed by atoms with Crippen LogP contribution >= 0.6 is 12.4 Å². The zero-order valence-corrected chi connectivity index (χ0v) is 14.2. The van der Waals surface area contributed by atoms with Crippen molar-refractivity contribution in [2.24, 2.45) is 0 Å². The topological polar surface area (TPSA) is 61.4 Å². The molecule has 2 amide bonds. The SMILES string of the molecule is CCCN(C(=O)c1ccc2c(c1)CCC(=O)N2)C1CCNC1.Cl. The summed E-state index contributed by atoms with van der Waals surface area (Å²) in [5.74, 6) is 0.159. The summed E-state index contributed by atoms with van der Waals surface area (Å²) in [5.41, 5.74) is 2.64. The third-order valence-electron chi connectivity index (χ3n) is 4.45. The molecule has 1 aromatic rings. The summed E-state index contributed by atoms with van der Waals surface area (Å²) in [7, 11) is 0. The van der Waals surface area contributed by atoms with E-state index in [1.165, 1.54) is 0 Å². The first-order valence-corrected chi connectivity index (χ1v) is 8.13. The van der Waals surface area contributed by atoms with Crippen LogP contribution in [-0.2, 0) is 11.2 Å². The molecular weight excluding hydrogens is 314 g/mol. The molecular formula is C17H24ClN3O2. The Morgan fingerprint density at radius 1 is 1.35 bits per heavy atom. The number of rotatable bonds is 4. The van der Waals surface area contributed by atoms with E-state index in [9.17, 15) is 9.59 Å². The highest BCUT2D eigenvalue weighted by atomic mass is 35.5. The number of carbonyl (C=O) groups excluding carboxylic acids is 2. The van der Waals surface area contributed by atoms with E-state index >= 15 is 0 Å². The van der Waals surface area contributed by atoms with Crippen LogP contribution in [0.25, 0.3) is 0 Å². The first kappa shape index (κ1) is 17.8. The maximum Gasteiger partial charge on any atom is 0.254 e. The summed E-state index contributed by atoms with van der Waals surface area (Å²) in [5, 5.41) is 6.19. The van der Waals surface area contributed by atoms with Crippen molar-refractivity contribution in [1.29, 1.82) is 0 Å². The number of benzene rings is 1. The second-order valence-electron chi connectivity index (χ2n) is 6.07. The minimum absolute atomic E-state index is 0. The molecule has 0 radical (unpaired) electrons. The second kappa shape index (κ2) is 7.79. The summed E-state index contributed by atoms with van der Waals surface area (Å²) in [6, 6.07) is 5.93. The van der Waals surface area contributed by atoms with Crippen LogP contribution in [0.4, 0.5) is 5.69 Å². The van der Waals surface area contributed by atoms with Gasteiger partial charge < -0.3 is 15.5 Å². The van der Waals surface area contributed by atoms with Gasteiger partial charge >= 0.3 is 0 Å². The van der Waals surface area contributed by atoms with Gasteiger partial charge in [-0.2, -0.15) is 0 Å². The molecule has 2 heterocycles. The standard InChI is InChI=1S/C17H23N3O2.ClH/c1-2-9-20(14-7-8-18-11-14)17(22)13-3-5-15-12(10-13)4-6-16(21)19-15;/h3,5,10,14,18H,2,4,6-9,11H2,1H3,(H,19,21);1H. The fraction of sp³-hybridized carbons (Fsp3) is 0.529. The van der Waals surface area contributed by atoms with Crippen molar-refractivity contribution in [3.63, 3.8) is 0 Å². The van der Waals surface area contributed by atoms with Crippen LogP contribution < -0.4 is 10.6 Å². The normalized spacial score (nSPS) is 19.5. The van der Waals surface area contributed by atoms with E-state index in [1.54, 1.807) is 0 Å². The highest BCUT2D eigenvalue weighted by Crippen LogP contribution is 2.25. The fourth-order valence-corrected chi connectivity index (χ4v) is 3.28. The lowest BCUT2D eigenvalue weighted by Crippen LogP contribution is -2.42. The van der Waals surface area contributed by atoms with E-state index in [1.807, 2.05) is 23.1 Å². The molecule has 0 aliphatic carbocycles. The summed E-state index contributed by atoms with van der Waals surface area (Å²) < 4.78 is 0. The number of hydrogen-bond donors (Lipinski definition) is 2. The number of anilines is 1. The Labute approximate surface area is 143 Å². The molecule has 1 atom stereocenters. The van der Waals surface area contributed by atoms with Crippen molar-refractivity contribution in [3.8, 4) is 0 Å². The van der Waals surface area contributed by atoms with Crippen LogP contribution in [0.2, 0.25) is 0 Å². The molecule has 23 heavy (non-hydrogen) atoms. The summed E-state index contributed by atoms with van der Waals surface area (Å²) in [6.07, 6.45) is 3.19. The number of halogens is 1. The molecule has 0 spiro atoms. The van der Waals surface area contributed by atoms with Crippen molar-refractivity contribution in [2.45, 2.75) is 38.6 Å². The van der Waals surface area contributed by atoms with Crippen LogP contribution in [0, 0.1) is 0 Å². The number of aryl methyl sites for hydroxylation is 1. The predicted octanol–water partition coefficient (Wildman–Crippen LogP) is 2.21. The quantitative estimate of drug-likeness (QED) is 0.885. The molecule has 2 N–H and O–H groups in total. The zero-order chi connectivity index (χ0) is 15.5. The number of hydrogen-bond acceptors (Lipinski definition) is 3. The molecule has 6 heteroatoms. The van der Waals surface area contributed by atoms with Crippen molar-refractivity contribution < 1.29 is 9.59 Å². The lowest BCUT2D eigenvalue weighted by Gasteiger charge is -2.29. The van der Waals surface area contributed by atoms with Gasteiger partial charge in [0, 0.05) is 36.8 Å². The van der Waals surface area contributed by atoms with Crippen molar-refractivity contribution >= 4 is 29.9 Å². The van der Waals surface area contributed by atoms with Gasteiger partial charge in [-0.15, -0.1) is 12.4 Å².